The molecular formula is C13H16N2O. The Morgan fingerprint density at radius 3 is 2.75 bits per heavy atom. The number of benzene rings is 1. The summed E-state index contributed by atoms with van der Waals surface area (Å²) in [7, 11) is 1.76. The van der Waals surface area contributed by atoms with Gasteiger partial charge in [-0.2, -0.15) is 5.26 Å². The van der Waals surface area contributed by atoms with Gasteiger partial charge in [-0.3, -0.25) is 0 Å². The van der Waals surface area contributed by atoms with Crippen molar-refractivity contribution >= 4 is 5.69 Å². The van der Waals surface area contributed by atoms with E-state index in [0.29, 0.717) is 12.1 Å². The summed E-state index contributed by atoms with van der Waals surface area (Å²) in [4.78, 5) is 0. The maximum absolute atomic E-state index is 8.83. The summed E-state index contributed by atoms with van der Waals surface area (Å²) in [5.74, 6) is 0. The van der Waals surface area contributed by atoms with E-state index in [9.17, 15) is 0 Å². The molecule has 0 unspecified atom stereocenters. The van der Waals surface area contributed by atoms with E-state index in [-0.39, 0.29) is 0 Å². The standard InChI is InChI=1S/C13H16N2O/c1-9-5-11(4-3-10(9)8-14)15-12-6-13(7-12)16-2/h3-5,12-13,15H,6-7H2,1-2H3. The first-order valence-corrected chi connectivity index (χ1v) is 5.53. The van der Waals surface area contributed by atoms with Crippen LogP contribution in [0.25, 0.3) is 0 Å². The highest BCUT2D eigenvalue weighted by Crippen LogP contribution is 2.26. The summed E-state index contributed by atoms with van der Waals surface area (Å²) in [6, 6.07) is 8.54. The van der Waals surface area contributed by atoms with Crippen LogP contribution in [-0.4, -0.2) is 19.3 Å². The lowest BCUT2D eigenvalue weighted by Gasteiger charge is -2.35. The third-order valence-corrected chi connectivity index (χ3v) is 3.15. The third-order valence-electron chi connectivity index (χ3n) is 3.15. The zero-order valence-electron chi connectivity index (χ0n) is 9.66. The SMILES string of the molecule is COC1CC(Nc2ccc(C#N)c(C)c2)C1. The average Bonchev–Trinajstić information content (AvgIpc) is 2.23. The van der Waals surface area contributed by atoms with Gasteiger partial charge in [-0.05, 0) is 43.5 Å². The molecule has 1 aromatic carbocycles. The van der Waals surface area contributed by atoms with Gasteiger partial charge in [-0.1, -0.05) is 0 Å². The maximum atomic E-state index is 8.83. The first kappa shape index (κ1) is 11.0. The second-order valence-electron chi connectivity index (χ2n) is 4.31. The number of nitriles is 1. The van der Waals surface area contributed by atoms with Crippen LogP contribution in [0.5, 0.6) is 0 Å². The highest BCUT2D eigenvalue weighted by atomic mass is 16.5. The van der Waals surface area contributed by atoms with Crippen molar-refractivity contribution in [2.45, 2.75) is 31.9 Å². The molecule has 1 aliphatic rings. The molecule has 0 saturated heterocycles. The van der Waals surface area contributed by atoms with Crippen LogP contribution in [0.15, 0.2) is 18.2 Å². The Hall–Kier alpha value is -1.53. The summed E-state index contributed by atoms with van der Waals surface area (Å²) in [6.07, 6.45) is 2.54. The first-order chi connectivity index (χ1) is 7.72. The van der Waals surface area contributed by atoms with Crippen molar-refractivity contribution in [1.82, 2.24) is 0 Å². The fourth-order valence-corrected chi connectivity index (χ4v) is 1.99. The minimum absolute atomic E-state index is 0.414. The molecule has 1 aromatic rings. The predicted molar refractivity (Wildman–Crippen MR) is 63.3 cm³/mol. The van der Waals surface area contributed by atoms with Crippen molar-refractivity contribution in [2.75, 3.05) is 12.4 Å². The van der Waals surface area contributed by atoms with Crippen LogP contribution in [0.4, 0.5) is 5.69 Å². The smallest absolute Gasteiger partial charge is 0.0994 e. The van der Waals surface area contributed by atoms with Gasteiger partial charge in [0, 0.05) is 18.8 Å². The van der Waals surface area contributed by atoms with Gasteiger partial charge in [0.1, 0.15) is 0 Å². The highest BCUT2D eigenvalue weighted by molar-refractivity contribution is 5.52. The molecule has 3 heteroatoms. The number of methoxy groups -OCH3 is 1. The molecule has 0 amide bonds. The number of nitrogens with one attached hydrogen (secondary N) is 1. The average molecular weight is 216 g/mol. The molecule has 0 atom stereocenters. The van der Waals surface area contributed by atoms with Crippen LogP contribution in [0.1, 0.15) is 24.0 Å². The molecule has 2 rings (SSSR count). The summed E-state index contributed by atoms with van der Waals surface area (Å²) < 4.78 is 5.23. The van der Waals surface area contributed by atoms with Gasteiger partial charge in [0.15, 0.2) is 0 Å². The second-order valence-corrected chi connectivity index (χ2v) is 4.31. The van der Waals surface area contributed by atoms with Gasteiger partial charge < -0.3 is 10.1 Å². The Morgan fingerprint density at radius 2 is 2.19 bits per heavy atom. The molecule has 0 bridgehead atoms. The van der Waals surface area contributed by atoms with E-state index in [0.717, 1.165) is 29.7 Å². The number of hydrogen-bond donors (Lipinski definition) is 1. The van der Waals surface area contributed by atoms with Crippen LogP contribution in [0.2, 0.25) is 0 Å². The molecule has 1 aliphatic carbocycles. The second kappa shape index (κ2) is 4.54. The fraction of sp³-hybridized carbons (Fsp3) is 0.462. The molecule has 0 radical (unpaired) electrons. The van der Waals surface area contributed by atoms with E-state index >= 15 is 0 Å². The van der Waals surface area contributed by atoms with E-state index in [1.165, 1.54) is 0 Å². The Bertz CT molecular complexity index is 416. The van der Waals surface area contributed by atoms with Gasteiger partial charge in [0.2, 0.25) is 0 Å². The quantitative estimate of drug-likeness (QED) is 0.844. The minimum Gasteiger partial charge on any atom is -0.382 e. The van der Waals surface area contributed by atoms with Crippen LogP contribution >= 0.6 is 0 Å². The van der Waals surface area contributed by atoms with E-state index < -0.39 is 0 Å². The lowest BCUT2D eigenvalue weighted by molar-refractivity contribution is 0.0329. The van der Waals surface area contributed by atoms with Crippen molar-refractivity contribution < 1.29 is 4.74 Å². The topological polar surface area (TPSA) is 45.0 Å². The van der Waals surface area contributed by atoms with Gasteiger partial charge in [0.25, 0.3) is 0 Å². The van der Waals surface area contributed by atoms with Crippen molar-refractivity contribution in [1.29, 1.82) is 5.26 Å². The molecule has 16 heavy (non-hydrogen) atoms. The molecule has 0 heterocycles. The number of hydrogen-bond acceptors (Lipinski definition) is 3. The number of anilines is 1. The summed E-state index contributed by atoms with van der Waals surface area (Å²) >= 11 is 0. The van der Waals surface area contributed by atoms with E-state index in [4.69, 9.17) is 10.00 Å². The molecule has 0 aromatic heterocycles. The van der Waals surface area contributed by atoms with E-state index in [2.05, 4.69) is 11.4 Å². The van der Waals surface area contributed by atoms with Crippen LogP contribution in [-0.2, 0) is 4.74 Å². The number of rotatable bonds is 3. The third kappa shape index (κ3) is 2.17. The van der Waals surface area contributed by atoms with E-state index in [1.54, 1.807) is 7.11 Å². The van der Waals surface area contributed by atoms with Crippen molar-refractivity contribution in [3.05, 3.63) is 29.3 Å². The first-order valence-electron chi connectivity index (χ1n) is 5.53. The molecular weight excluding hydrogens is 200 g/mol. The molecule has 0 aliphatic heterocycles. The predicted octanol–water partition coefficient (Wildman–Crippen LogP) is 2.46. The van der Waals surface area contributed by atoms with Gasteiger partial charge in [-0.25, -0.2) is 0 Å². The van der Waals surface area contributed by atoms with Crippen LogP contribution in [0, 0.1) is 18.3 Å². The Morgan fingerprint density at radius 1 is 1.44 bits per heavy atom. The molecule has 84 valence electrons. The van der Waals surface area contributed by atoms with Crippen molar-refractivity contribution in [3.63, 3.8) is 0 Å². The Labute approximate surface area is 96.0 Å². The summed E-state index contributed by atoms with van der Waals surface area (Å²) in [5.41, 5.74) is 2.86. The van der Waals surface area contributed by atoms with Gasteiger partial charge in [-0.15, -0.1) is 0 Å². The Kier molecular flexibility index (Phi) is 3.12. The van der Waals surface area contributed by atoms with Crippen molar-refractivity contribution in [2.24, 2.45) is 0 Å². The lowest BCUT2D eigenvalue weighted by Crippen LogP contribution is -2.40. The van der Waals surface area contributed by atoms with Gasteiger partial charge >= 0.3 is 0 Å². The normalized spacial score (nSPS) is 23.3. The zero-order chi connectivity index (χ0) is 11.5. The fourth-order valence-electron chi connectivity index (χ4n) is 1.99. The maximum Gasteiger partial charge on any atom is 0.0994 e. The number of nitrogens with zero attached hydrogens (tertiary/aromatic N) is 1. The molecule has 1 N–H and O–H groups in total. The van der Waals surface area contributed by atoms with Crippen LogP contribution in [0.3, 0.4) is 0 Å². The lowest BCUT2D eigenvalue weighted by atomic mass is 9.89. The molecule has 1 saturated carbocycles. The number of ether oxygens (including phenoxy) is 1. The minimum atomic E-state index is 0.414. The molecule has 1 fully saturated rings. The Balaban J connectivity index is 1.96. The molecule has 3 nitrogen and oxygen atoms in total. The van der Waals surface area contributed by atoms with Crippen molar-refractivity contribution in [3.8, 4) is 6.07 Å². The summed E-state index contributed by atoms with van der Waals surface area (Å²) in [5, 5.41) is 12.3. The zero-order valence-corrected chi connectivity index (χ0v) is 9.66. The van der Waals surface area contributed by atoms with Gasteiger partial charge in [0.05, 0.1) is 17.7 Å². The van der Waals surface area contributed by atoms with Crippen LogP contribution < -0.4 is 5.32 Å². The molecule has 0 spiro atoms. The highest BCUT2D eigenvalue weighted by Gasteiger charge is 2.28. The number of aryl methyl sites for hydroxylation is 1. The van der Waals surface area contributed by atoms with E-state index in [1.807, 2.05) is 25.1 Å². The summed E-state index contributed by atoms with van der Waals surface area (Å²) in [6.45, 7) is 1.96. The monoisotopic (exact) mass is 216 g/mol. The largest absolute Gasteiger partial charge is 0.382 e.